The van der Waals surface area contributed by atoms with E-state index in [4.69, 9.17) is 11.6 Å². The molecule has 2 N–H and O–H groups in total. The minimum Gasteiger partial charge on any atom is -0.389 e. The van der Waals surface area contributed by atoms with Crippen LogP contribution < -0.4 is 4.72 Å². The molecule has 1 heterocycles. The van der Waals surface area contributed by atoms with Gasteiger partial charge in [-0.05, 0) is 13.3 Å². The molecule has 1 unspecified atom stereocenters. The second-order valence-corrected chi connectivity index (χ2v) is 6.58. The van der Waals surface area contributed by atoms with Gasteiger partial charge < -0.3 is 5.11 Å². The van der Waals surface area contributed by atoms with Crippen LogP contribution in [0.25, 0.3) is 0 Å². The van der Waals surface area contributed by atoms with Crippen LogP contribution in [0.2, 0.25) is 5.02 Å². The topological polar surface area (TPSA) is 84.2 Å². The molecule has 1 atom stereocenters. The molecule has 1 aromatic rings. The van der Waals surface area contributed by atoms with Crippen LogP contribution >= 0.6 is 11.6 Å². The summed E-state index contributed by atoms with van der Waals surface area (Å²) in [7, 11) is -2.28. The van der Waals surface area contributed by atoms with Crippen molar-refractivity contribution in [3.05, 3.63) is 11.2 Å². The van der Waals surface area contributed by atoms with Crippen molar-refractivity contribution in [2.75, 3.05) is 6.54 Å². The third-order valence-corrected chi connectivity index (χ3v) is 4.43. The minimum absolute atomic E-state index is 0.0557. The van der Waals surface area contributed by atoms with Crippen LogP contribution in [-0.4, -0.2) is 35.5 Å². The van der Waals surface area contributed by atoms with Gasteiger partial charge in [0.05, 0.1) is 16.8 Å². The second kappa shape index (κ2) is 5.56. The summed E-state index contributed by atoms with van der Waals surface area (Å²) in [5.74, 6) is 0. The van der Waals surface area contributed by atoms with E-state index in [1.54, 1.807) is 6.92 Å². The molecule has 0 aromatic carbocycles. The van der Waals surface area contributed by atoms with Gasteiger partial charge in [0, 0.05) is 13.6 Å². The van der Waals surface area contributed by atoms with Crippen LogP contribution in [0.4, 0.5) is 0 Å². The van der Waals surface area contributed by atoms with E-state index in [1.165, 1.54) is 17.9 Å². The molecule has 8 heteroatoms. The van der Waals surface area contributed by atoms with Gasteiger partial charge in [0.15, 0.2) is 5.03 Å². The van der Waals surface area contributed by atoms with Crippen molar-refractivity contribution in [3.8, 4) is 0 Å². The van der Waals surface area contributed by atoms with Crippen LogP contribution in [0, 0.1) is 0 Å². The highest BCUT2D eigenvalue weighted by Gasteiger charge is 2.27. The molecule has 0 bridgehead atoms. The van der Waals surface area contributed by atoms with Gasteiger partial charge in [-0.15, -0.1) is 0 Å². The molecule has 0 spiro atoms. The highest BCUT2D eigenvalue weighted by atomic mass is 35.5. The van der Waals surface area contributed by atoms with Gasteiger partial charge in [0.2, 0.25) is 0 Å². The summed E-state index contributed by atoms with van der Waals surface area (Å²) < 4.78 is 27.6. The van der Waals surface area contributed by atoms with E-state index >= 15 is 0 Å². The maximum absolute atomic E-state index is 12.0. The number of aryl methyl sites for hydroxylation is 1. The first-order chi connectivity index (χ1) is 8.19. The number of nitrogens with one attached hydrogen (secondary N) is 1. The Bertz CT molecular complexity index is 491. The normalized spacial score (nSPS) is 15.6. The van der Waals surface area contributed by atoms with Crippen LogP contribution in [0.15, 0.2) is 11.2 Å². The second-order valence-electron chi connectivity index (χ2n) is 4.49. The SMILES string of the molecule is CCCC(C)(O)CNS(=O)(=O)c1c(Cl)cnn1C. The van der Waals surface area contributed by atoms with Crippen molar-refractivity contribution in [1.29, 1.82) is 0 Å². The molecule has 0 amide bonds. The molecule has 0 radical (unpaired) electrons. The molecule has 0 aliphatic heterocycles. The van der Waals surface area contributed by atoms with Crippen molar-refractivity contribution in [2.45, 2.75) is 37.3 Å². The summed E-state index contributed by atoms with van der Waals surface area (Å²) in [6.45, 7) is 3.44. The van der Waals surface area contributed by atoms with E-state index < -0.39 is 15.6 Å². The van der Waals surface area contributed by atoms with E-state index in [2.05, 4.69) is 9.82 Å². The quantitative estimate of drug-likeness (QED) is 0.817. The average molecular weight is 296 g/mol. The first-order valence-corrected chi connectivity index (χ1v) is 7.45. The van der Waals surface area contributed by atoms with Crippen LogP contribution in [0.1, 0.15) is 26.7 Å². The first kappa shape index (κ1) is 15.4. The number of hydrogen-bond donors (Lipinski definition) is 2. The Morgan fingerprint density at radius 2 is 2.22 bits per heavy atom. The lowest BCUT2D eigenvalue weighted by molar-refractivity contribution is 0.0554. The molecular formula is C10H18ClN3O3S. The van der Waals surface area contributed by atoms with Crippen LogP contribution in [-0.2, 0) is 17.1 Å². The number of aliphatic hydroxyl groups is 1. The van der Waals surface area contributed by atoms with E-state index in [1.807, 2.05) is 6.92 Å². The molecule has 0 aliphatic carbocycles. The molecule has 1 aromatic heterocycles. The molecule has 0 saturated heterocycles. The predicted molar refractivity (Wildman–Crippen MR) is 68.9 cm³/mol. The zero-order chi connectivity index (χ0) is 14.0. The van der Waals surface area contributed by atoms with Crippen molar-refractivity contribution in [3.63, 3.8) is 0 Å². The predicted octanol–water partition coefficient (Wildman–Crippen LogP) is 0.903. The summed E-state index contributed by atoms with van der Waals surface area (Å²) >= 11 is 5.78. The fraction of sp³-hybridized carbons (Fsp3) is 0.700. The van der Waals surface area contributed by atoms with Gasteiger partial charge in [0.1, 0.15) is 0 Å². The average Bonchev–Trinajstić information content (AvgIpc) is 2.56. The lowest BCUT2D eigenvalue weighted by Gasteiger charge is -2.22. The number of halogens is 1. The summed E-state index contributed by atoms with van der Waals surface area (Å²) in [4.78, 5) is 0. The lowest BCUT2D eigenvalue weighted by Crippen LogP contribution is -2.41. The Balaban J connectivity index is 2.84. The summed E-state index contributed by atoms with van der Waals surface area (Å²) in [6.07, 6.45) is 2.54. The molecule has 0 fully saturated rings. The van der Waals surface area contributed by atoms with Gasteiger partial charge >= 0.3 is 0 Å². The number of nitrogens with zero attached hydrogens (tertiary/aromatic N) is 2. The summed E-state index contributed by atoms with van der Waals surface area (Å²) in [5, 5.41) is 13.7. The Morgan fingerprint density at radius 1 is 1.61 bits per heavy atom. The van der Waals surface area contributed by atoms with Crippen molar-refractivity contribution < 1.29 is 13.5 Å². The van der Waals surface area contributed by atoms with Gasteiger partial charge in [-0.1, -0.05) is 24.9 Å². The molecule has 0 saturated carbocycles. The van der Waals surface area contributed by atoms with Gasteiger partial charge in [-0.25, -0.2) is 13.1 Å². The van der Waals surface area contributed by atoms with Crippen molar-refractivity contribution >= 4 is 21.6 Å². The third kappa shape index (κ3) is 3.68. The number of hydrogen-bond acceptors (Lipinski definition) is 4. The zero-order valence-electron chi connectivity index (χ0n) is 10.6. The molecule has 6 nitrogen and oxygen atoms in total. The van der Waals surface area contributed by atoms with Gasteiger partial charge in [-0.2, -0.15) is 5.10 Å². The van der Waals surface area contributed by atoms with E-state index in [-0.39, 0.29) is 16.6 Å². The monoisotopic (exact) mass is 295 g/mol. The Labute approximate surface area is 112 Å². The van der Waals surface area contributed by atoms with Crippen molar-refractivity contribution in [1.82, 2.24) is 14.5 Å². The van der Waals surface area contributed by atoms with E-state index in [0.717, 1.165) is 6.42 Å². The maximum Gasteiger partial charge on any atom is 0.259 e. The maximum atomic E-state index is 12.0. The molecule has 18 heavy (non-hydrogen) atoms. The largest absolute Gasteiger partial charge is 0.389 e. The Kier molecular flexibility index (Phi) is 4.77. The number of rotatable bonds is 6. The van der Waals surface area contributed by atoms with Gasteiger partial charge in [-0.3, -0.25) is 4.68 Å². The van der Waals surface area contributed by atoms with Crippen LogP contribution in [0.3, 0.4) is 0 Å². The zero-order valence-corrected chi connectivity index (χ0v) is 12.2. The molecule has 0 aliphatic rings. The molecular weight excluding hydrogens is 278 g/mol. The van der Waals surface area contributed by atoms with Crippen molar-refractivity contribution in [2.24, 2.45) is 7.05 Å². The standard InChI is InChI=1S/C10H18ClN3O3S/c1-4-5-10(2,15)7-13-18(16,17)9-8(11)6-12-14(9)3/h6,13,15H,4-5,7H2,1-3H3. The highest BCUT2D eigenvalue weighted by molar-refractivity contribution is 7.89. The van der Waals surface area contributed by atoms with E-state index in [9.17, 15) is 13.5 Å². The lowest BCUT2D eigenvalue weighted by atomic mass is 10.0. The smallest absolute Gasteiger partial charge is 0.259 e. The first-order valence-electron chi connectivity index (χ1n) is 5.59. The summed E-state index contributed by atoms with van der Waals surface area (Å²) in [5.41, 5.74) is -1.08. The number of sulfonamides is 1. The molecule has 1 rings (SSSR count). The highest BCUT2D eigenvalue weighted by Crippen LogP contribution is 2.20. The fourth-order valence-corrected chi connectivity index (χ4v) is 3.46. The molecule has 104 valence electrons. The third-order valence-electron chi connectivity index (χ3n) is 2.53. The fourth-order valence-electron chi connectivity index (χ4n) is 1.65. The summed E-state index contributed by atoms with van der Waals surface area (Å²) in [6, 6.07) is 0. The Hall–Kier alpha value is -0.630. The number of aromatic nitrogens is 2. The van der Waals surface area contributed by atoms with Crippen LogP contribution in [0.5, 0.6) is 0 Å². The van der Waals surface area contributed by atoms with Gasteiger partial charge in [0.25, 0.3) is 10.0 Å². The minimum atomic E-state index is -3.77. The van der Waals surface area contributed by atoms with E-state index in [0.29, 0.717) is 6.42 Å². The Morgan fingerprint density at radius 3 is 2.67 bits per heavy atom.